The molecule has 5 heterocycles. The van der Waals surface area contributed by atoms with Gasteiger partial charge in [0.25, 0.3) is 5.91 Å². The molecule has 6 rings (SSSR count). The number of nitrogens with two attached hydrogens (primary N) is 1. The van der Waals surface area contributed by atoms with Gasteiger partial charge in [-0.1, -0.05) is 23.4 Å². The zero-order valence-electron chi connectivity index (χ0n) is 20.6. The summed E-state index contributed by atoms with van der Waals surface area (Å²) in [6.07, 6.45) is 2.97. The van der Waals surface area contributed by atoms with E-state index in [9.17, 15) is 9.59 Å². The lowest BCUT2D eigenvalue weighted by Crippen LogP contribution is -2.44. The molecule has 2 amide bonds. The molecule has 12 heteroatoms. The summed E-state index contributed by atoms with van der Waals surface area (Å²) in [5, 5.41) is 18.9. The second-order valence-electron chi connectivity index (χ2n) is 9.25. The summed E-state index contributed by atoms with van der Waals surface area (Å²) >= 11 is 0. The molecule has 0 bridgehead atoms. The van der Waals surface area contributed by atoms with E-state index in [4.69, 9.17) is 15.0 Å². The number of amides is 2. The molecule has 0 aliphatic carbocycles. The zero-order chi connectivity index (χ0) is 26.2. The number of aryl methyl sites for hydroxylation is 1. The van der Waals surface area contributed by atoms with Gasteiger partial charge in [0.1, 0.15) is 12.4 Å². The first-order chi connectivity index (χ1) is 18.5. The van der Waals surface area contributed by atoms with E-state index >= 15 is 0 Å². The molecule has 4 aromatic heterocycles. The molecule has 1 unspecified atom stereocenters. The van der Waals surface area contributed by atoms with E-state index in [0.29, 0.717) is 59.6 Å². The maximum Gasteiger partial charge on any atom is 0.255 e. The molecular formula is C26H24N8O4. The van der Waals surface area contributed by atoms with Gasteiger partial charge in [0.05, 0.1) is 17.2 Å². The van der Waals surface area contributed by atoms with Crippen LogP contribution in [0.15, 0.2) is 53.2 Å². The van der Waals surface area contributed by atoms with Gasteiger partial charge >= 0.3 is 0 Å². The monoisotopic (exact) mass is 512 g/mol. The first-order valence-electron chi connectivity index (χ1n) is 12.2. The fourth-order valence-corrected chi connectivity index (χ4v) is 4.64. The van der Waals surface area contributed by atoms with Crippen molar-refractivity contribution in [3.63, 3.8) is 0 Å². The van der Waals surface area contributed by atoms with Gasteiger partial charge in [0.2, 0.25) is 17.6 Å². The van der Waals surface area contributed by atoms with Gasteiger partial charge in [-0.2, -0.15) is 4.52 Å². The fraction of sp³-hybridized carbons (Fsp3) is 0.269. The molecule has 0 radical (unpaired) electrons. The van der Waals surface area contributed by atoms with Gasteiger partial charge in [-0.25, -0.2) is 0 Å². The van der Waals surface area contributed by atoms with Crippen molar-refractivity contribution in [3.05, 3.63) is 65.7 Å². The molecule has 1 aliphatic rings. The number of carbonyl (C=O) groups excluding carboxylic acids is 2. The predicted molar refractivity (Wildman–Crippen MR) is 135 cm³/mol. The van der Waals surface area contributed by atoms with E-state index in [1.165, 1.54) is 6.20 Å². The molecule has 0 spiro atoms. The average Bonchev–Trinajstić information content (AvgIpc) is 3.57. The standard InChI is InChI=1S/C26H24N8O4/c1-15-11-21(32-38-15)24-30-29-23-19-6-2-3-7-20(19)25(31-34(23)24)37-14-18-9-8-16(12-28-18)26(36)33-10-4-5-17(13-33)22(27)35/h2-3,6-9,11-12,17H,4-5,10,13-14H2,1H3,(H2,27,35). The average molecular weight is 513 g/mol. The number of hydrogen-bond acceptors (Lipinski definition) is 9. The summed E-state index contributed by atoms with van der Waals surface area (Å²) < 4.78 is 12.9. The molecule has 1 aromatic carbocycles. The van der Waals surface area contributed by atoms with Gasteiger partial charge in [-0.15, -0.1) is 15.3 Å². The van der Waals surface area contributed by atoms with E-state index in [-0.39, 0.29) is 24.3 Å². The molecular weight excluding hydrogens is 488 g/mol. The number of carbonyl (C=O) groups is 2. The highest BCUT2D eigenvalue weighted by Crippen LogP contribution is 2.29. The number of fused-ring (bicyclic) bond motifs is 3. The minimum Gasteiger partial charge on any atom is -0.470 e. The summed E-state index contributed by atoms with van der Waals surface area (Å²) in [6, 6.07) is 12.8. The van der Waals surface area contributed by atoms with E-state index in [0.717, 1.165) is 17.2 Å². The van der Waals surface area contributed by atoms with Crippen LogP contribution >= 0.6 is 0 Å². The van der Waals surface area contributed by atoms with Crippen molar-refractivity contribution >= 4 is 28.2 Å². The molecule has 2 N–H and O–H groups in total. The molecule has 38 heavy (non-hydrogen) atoms. The maximum atomic E-state index is 12.9. The molecule has 1 atom stereocenters. The Labute approximate surface area is 216 Å². The summed E-state index contributed by atoms with van der Waals surface area (Å²) in [4.78, 5) is 30.6. The van der Waals surface area contributed by atoms with Crippen LogP contribution in [0.4, 0.5) is 0 Å². The minimum atomic E-state index is -0.373. The number of pyridine rings is 1. The lowest BCUT2D eigenvalue weighted by molar-refractivity contribution is -0.123. The number of aromatic nitrogens is 6. The number of likely N-dealkylation sites (tertiary alicyclic amines) is 1. The van der Waals surface area contributed by atoms with Crippen molar-refractivity contribution in [1.29, 1.82) is 0 Å². The van der Waals surface area contributed by atoms with Crippen LogP contribution in [0, 0.1) is 12.8 Å². The zero-order valence-corrected chi connectivity index (χ0v) is 20.6. The number of rotatable bonds is 6. The largest absolute Gasteiger partial charge is 0.470 e. The molecule has 1 aliphatic heterocycles. The van der Waals surface area contributed by atoms with E-state index in [1.54, 1.807) is 34.5 Å². The third-order valence-corrected chi connectivity index (χ3v) is 6.63. The van der Waals surface area contributed by atoms with Crippen LogP contribution in [-0.2, 0) is 11.4 Å². The molecule has 192 valence electrons. The van der Waals surface area contributed by atoms with Crippen LogP contribution < -0.4 is 10.5 Å². The van der Waals surface area contributed by atoms with Gasteiger partial charge < -0.3 is 19.9 Å². The Hall–Kier alpha value is -4.87. The number of primary amides is 1. The predicted octanol–water partition coefficient (Wildman–Crippen LogP) is 2.55. The molecule has 1 saturated heterocycles. The second kappa shape index (κ2) is 9.54. The van der Waals surface area contributed by atoms with Crippen LogP contribution in [0.5, 0.6) is 5.88 Å². The smallest absolute Gasteiger partial charge is 0.255 e. The Morgan fingerprint density at radius 3 is 2.74 bits per heavy atom. The fourth-order valence-electron chi connectivity index (χ4n) is 4.64. The third kappa shape index (κ3) is 4.29. The molecule has 12 nitrogen and oxygen atoms in total. The Kier molecular flexibility index (Phi) is 5.91. The van der Waals surface area contributed by atoms with Gasteiger partial charge in [0.15, 0.2) is 11.3 Å². The number of benzene rings is 1. The summed E-state index contributed by atoms with van der Waals surface area (Å²) in [7, 11) is 0. The highest BCUT2D eigenvalue weighted by atomic mass is 16.5. The van der Waals surface area contributed by atoms with Crippen molar-refractivity contribution in [2.24, 2.45) is 11.7 Å². The van der Waals surface area contributed by atoms with E-state index < -0.39 is 0 Å². The maximum absolute atomic E-state index is 12.9. The first kappa shape index (κ1) is 23.5. The van der Waals surface area contributed by atoms with Crippen LogP contribution in [0.1, 0.15) is 34.7 Å². The third-order valence-electron chi connectivity index (χ3n) is 6.63. The molecule has 0 saturated carbocycles. The Balaban J connectivity index is 1.24. The quantitative estimate of drug-likeness (QED) is 0.361. The highest BCUT2D eigenvalue weighted by molar-refractivity contribution is 5.97. The Bertz CT molecular complexity index is 1660. The number of nitrogens with zero attached hydrogens (tertiary/aromatic N) is 7. The highest BCUT2D eigenvalue weighted by Gasteiger charge is 2.27. The first-order valence-corrected chi connectivity index (χ1v) is 12.2. The van der Waals surface area contributed by atoms with Gasteiger partial charge in [-0.05, 0) is 38.0 Å². The second-order valence-corrected chi connectivity index (χ2v) is 9.25. The van der Waals surface area contributed by atoms with Gasteiger partial charge in [0, 0.05) is 36.1 Å². The Morgan fingerprint density at radius 1 is 1.16 bits per heavy atom. The van der Waals surface area contributed by atoms with Crippen LogP contribution in [0.3, 0.4) is 0 Å². The van der Waals surface area contributed by atoms with E-state index in [2.05, 4.69) is 25.4 Å². The minimum absolute atomic E-state index is 0.130. The van der Waals surface area contributed by atoms with Crippen LogP contribution in [-0.4, -0.2) is 59.8 Å². The van der Waals surface area contributed by atoms with Gasteiger partial charge in [-0.3, -0.25) is 14.6 Å². The van der Waals surface area contributed by atoms with Crippen molar-refractivity contribution in [2.45, 2.75) is 26.4 Å². The number of piperidine rings is 1. The SMILES string of the molecule is Cc1cc(-c2nnc3c4ccccc4c(OCc4ccc(C(=O)N5CCCC(C(N)=O)C5)cn4)nn23)no1. The normalized spacial score (nSPS) is 15.7. The van der Waals surface area contributed by atoms with Crippen molar-refractivity contribution in [1.82, 2.24) is 34.9 Å². The summed E-state index contributed by atoms with van der Waals surface area (Å²) in [6.45, 7) is 2.85. The Morgan fingerprint density at radius 2 is 2.00 bits per heavy atom. The van der Waals surface area contributed by atoms with Crippen molar-refractivity contribution < 1.29 is 18.8 Å². The topological polar surface area (TPSA) is 155 Å². The summed E-state index contributed by atoms with van der Waals surface area (Å²) in [5.74, 6) is 0.605. The lowest BCUT2D eigenvalue weighted by atomic mass is 9.97. The number of hydrogen-bond donors (Lipinski definition) is 1. The summed E-state index contributed by atoms with van der Waals surface area (Å²) in [5.41, 5.74) is 7.60. The number of ether oxygens (including phenoxy) is 1. The van der Waals surface area contributed by atoms with Crippen molar-refractivity contribution in [3.8, 4) is 17.4 Å². The van der Waals surface area contributed by atoms with E-state index in [1.807, 2.05) is 24.3 Å². The molecule has 1 fully saturated rings. The van der Waals surface area contributed by atoms with Crippen molar-refractivity contribution in [2.75, 3.05) is 13.1 Å². The van der Waals surface area contributed by atoms with Crippen LogP contribution in [0.25, 0.3) is 27.9 Å². The van der Waals surface area contributed by atoms with Crippen LogP contribution in [0.2, 0.25) is 0 Å². The lowest BCUT2D eigenvalue weighted by Gasteiger charge is -2.31. The molecule has 5 aromatic rings.